The third-order valence-electron chi connectivity index (χ3n) is 4.92. The SMILES string of the molecule is CN(C)C1(C(O)Cc2nc(C(C)(C)C)cs2)CCCCC1. The summed E-state index contributed by atoms with van der Waals surface area (Å²) in [5.74, 6) is 0. The molecule has 1 aromatic heterocycles. The van der Waals surface area contributed by atoms with Gasteiger partial charge in [-0.3, -0.25) is 0 Å². The van der Waals surface area contributed by atoms with Crippen molar-refractivity contribution in [1.82, 2.24) is 9.88 Å². The number of likely N-dealkylation sites (N-methyl/N-ethyl adjacent to an activating group) is 1. The van der Waals surface area contributed by atoms with E-state index in [0.29, 0.717) is 6.42 Å². The molecule has 1 heterocycles. The van der Waals surface area contributed by atoms with Gasteiger partial charge in [0, 0.05) is 22.8 Å². The van der Waals surface area contributed by atoms with Gasteiger partial charge in [0.2, 0.25) is 0 Å². The maximum absolute atomic E-state index is 10.9. The van der Waals surface area contributed by atoms with E-state index in [-0.39, 0.29) is 17.1 Å². The number of aliphatic hydroxyl groups is 1. The molecule has 2 rings (SSSR count). The maximum atomic E-state index is 10.9. The fourth-order valence-electron chi connectivity index (χ4n) is 3.35. The lowest BCUT2D eigenvalue weighted by atomic mass is 9.75. The van der Waals surface area contributed by atoms with E-state index in [9.17, 15) is 5.11 Å². The van der Waals surface area contributed by atoms with Crippen LogP contribution in [0, 0.1) is 0 Å². The first-order chi connectivity index (χ1) is 9.75. The van der Waals surface area contributed by atoms with Gasteiger partial charge in [-0.05, 0) is 26.9 Å². The summed E-state index contributed by atoms with van der Waals surface area (Å²) in [6.07, 6.45) is 6.29. The zero-order chi connectivity index (χ0) is 15.7. The van der Waals surface area contributed by atoms with Gasteiger partial charge in [0.05, 0.1) is 16.8 Å². The Morgan fingerprint density at radius 3 is 2.38 bits per heavy atom. The molecule has 3 nitrogen and oxygen atoms in total. The van der Waals surface area contributed by atoms with E-state index in [1.807, 2.05) is 0 Å². The topological polar surface area (TPSA) is 36.4 Å². The van der Waals surface area contributed by atoms with Crippen LogP contribution < -0.4 is 0 Å². The number of thiazole rings is 1. The molecule has 1 aliphatic rings. The van der Waals surface area contributed by atoms with Gasteiger partial charge in [-0.1, -0.05) is 40.0 Å². The lowest BCUT2D eigenvalue weighted by molar-refractivity contribution is -0.0310. The summed E-state index contributed by atoms with van der Waals surface area (Å²) in [6.45, 7) is 6.56. The van der Waals surface area contributed by atoms with Crippen LogP contribution in [0.3, 0.4) is 0 Å². The van der Waals surface area contributed by atoms with E-state index < -0.39 is 0 Å². The molecular formula is C17H30N2OS. The molecule has 0 aliphatic heterocycles. The van der Waals surface area contributed by atoms with Crippen molar-refractivity contribution in [3.63, 3.8) is 0 Å². The van der Waals surface area contributed by atoms with E-state index in [0.717, 1.165) is 23.5 Å². The fraction of sp³-hybridized carbons (Fsp3) is 0.824. The van der Waals surface area contributed by atoms with Crippen LogP contribution in [0.25, 0.3) is 0 Å². The van der Waals surface area contributed by atoms with Gasteiger partial charge in [-0.2, -0.15) is 0 Å². The van der Waals surface area contributed by atoms with Crippen LogP contribution in [0.4, 0.5) is 0 Å². The Balaban J connectivity index is 2.12. The summed E-state index contributed by atoms with van der Waals surface area (Å²) in [5.41, 5.74) is 1.16. The van der Waals surface area contributed by atoms with E-state index in [1.54, 1.807) is 11.3 Å². The van der Waals surface area contributed by atoms with Crippen molar-refractivity contribution in [1.29, 1.82) is 0 Å². The highest BCUT2D eigenvalue weighted by atomic mass is 32.1. The monoisotopic (exact) mass is 310 g/mol. The minimum absolute atomic E-state index is 0.0637. The molecule has 1 atom stereocenters. The largest absolute Gasteiger partial charge is 0.391 e. The smallest absolute Gasteiger partial charge is 0.0955 e. The summed E-state index contributed by atoms with van der Waals surface area (Å²) in [6, 6.07) is 0. The zero-order valence-electron chi connectivity index (χ0n) is 14.1. The minimum Gasteiger partial charge on any atom is -0.391 e. The fourth-order valence-corrected chi connectivity index (χ4v) is 4.41. The summed E-state index contributed by atoms with van der Waals surface area (Å²) in [4.78, 5) is 6.99. The van der Waals surface area contributed by atoms with Gasteiger partial charge >= 0.3 is 0 Å². The summed E-state index contributed by atoms with van der Waals surface area (Å²) >= 11 is 1.69. The second-order valence-electron chi connectivity index (χ2n) is 7.66. The van der Waals surface area contributed by atoms with Gasteiger partial charge in [0.1, 0.15) is 0 Å². The van der Waals surface area contributed by atoms with Crippen LogP contribution in [0.15, 0.2) is 5.38 Å². The molecule has 21 heavy (non-hydrogen) atoms. The first-order valence-corrected chi connectivity index (χ1v) is 8.94. The molecule has 1 fully saturated rings. The van der Waals surface area contributed by atoms with Crippen molar-refractivity contribution in [3.05, 3.63) is 16.1 Å². The molecule has 4 heteroatoms. The van der Waals surface area contributed by atoms with Gasteiger partial charge in [0.15, 0.2) is 0 Å². The van der Waals surface area contributed by atoms with Crippen molar-refractivity contribution in [2.24, 2.45) is 0 Å². The van der Waals surface area contributed by atoms with Crippen molar-refractivity contribution in [2.75, 3.05) is 14.1 Å². The molecule has 1 aliphatic carbocycles. The van der Waals surface area contributed by atoms with Gasteiger partial charge < -0.3 is 10.0 Å². The second-order valence-corrected chi connectivity index (χ2v) is 8.60. The highest BCUT2D eigenvalue weighted by molar-refractivity contribution is 7.09. The number of aromatic nitrogens is 1. The van der Waals surface area contributed by atoms with Gasteiger partial charge in [-0.15, -0.1) is 11.3 Å². The van der Waals surface area contributed by atoms with Crippen molar-refractivity contribution in [2.45, 2.75) is 76.4 Å². The number of rotatable bonds is 4. The molecule has 1 unspecified atom stereocenters. The Bertz CT molecular complexity index is 456. The van der Waals surface area contributed by atoms with E-state index >= 15 is 0 Å². The number of hydrogen-bond donors (Lipinski definition) is 1. The van der Waals surface area contributed by atoms with E-state index in [4.69, 9.17) is 4.98 Å². The van der Waals surface area contributed by atoms with Crippen LogP contribution in [-0.2, 0) is 11.8 Å². The Labute approximate surface area is 133 Å². The van der Waals surface area contributed by atoms with Crippen molar-refractivity contribution >= 4 is 11.3 Å². The minimum atomic E-state index is -0.327. The highest BCUT2D eigenvalue weighted by Crippen LogP contribution is 2.36. The lowest BCUT2D eigenvalue weighted by Crippen LogP contribution is -2.55. The Morgan fingerprint density at radius 1 is 1.29 bits per heavy atom. The number of aliphatic hydroxyl groups excluding tert-OH is 1. The Morgan fingerprint density at radius 2 is 1.90 bits per heavy atom. The maximum Gasteiger partial charge on any atom is 0.0955 e. The second kappa shape index (κ2) is 6.35. The third-order valence-corrected chi connectivity index (χ3v) is 5.79. The zero-order valence-corrected chi connectivity index (χ0v) is 15.0. The third kappa shape index (κ3) is 3.66. The average molecular weight is 311 g/mol. The molecule has 120 valence electrons. The number of hydrogen-bond acceptors (Lipinski definition) is 4. The van der Waals surface area contributed by atoms with Gasteiger partial charge in [-0.25, -0.2) is 4.98 Å². The van der Waals surface area contributed by atoms with Gasteiger partial charge in [0.25, 0.3) is 0 Å². The molecule has 0 radical (unpaired) electrons. The summed E-state index contributed by atoms with van der Waals surface area (Å²) in [7, 11) is 4.22. The molecule has 1 N–H and O–H groups in total. The normalized spacial score (nSPS) is 20.7. The molecule has 1 aromatic rings. The molecule has 1 saturated carbocycles. The molecule has 0 saturated heterocycles. The molecular weight excluding hydrogens is 280 g/mol. The predicted octanol–water partition coefficient (Wildman–Crippen LogP) is 3.61. The number of nitrogens with zero attached hydrogens (tertiary/aromatic N) is 2. The van der Waals surface area contributed by atoms with E-state index in [1.165, 1.54) is 19.3 Å². The first-order valence-electron chi connectivity index (χ1n) is 8.06. The van der Waals surface area contributed by atoms with Crippen LogP contribution in [-0.4, -0.2) is 40.7 Å². The summed E-state index contributed by atoms with van der Waals surface area (Å²) in [5, 5.41) is 14.1. The quantitative estimate of drug-likeness (QED) is 0.923. The lowest BCUT2D eigenvalue weighted by Gasteiger charge is -2.46. The van der Waals surface area contributed by atoms with E-state index in [2.05, 4.69) is 45.1 Å². The van der Waals surface area contributed by atoms with Crippen molar-refractivity contribution < 1.29 is 5.11 Å². The van der Waals surface area contributed by atoms with Crippen LogP contribution in [0.5, 0.6) is 0 Å². The van der Waals surface area contributed by atoms with Crippen LogP contribution in [0.1, 0.15) is 63.6 Å². The van der Waals surface area contributed by atoms with Crippen molar-refractivity contribution in [3.8, 4) is 0 Å². The first kappa shape index (κ1) is 16.9. The molecule has 0 aromatic carbocycles. The Hall–Kier alpha value is -0.450. The average Bonchev–Trinajstić information content (AvgIpc) is 2.87. The molecule has 0 amide bonds. The summed E-state index contributed by atoms with van der Waals surface area (Å²) < 4.78 is 0. The predicted molar refractivity (Wildman–Crippen MR) is 90.0 cm³/mol. The Kier molecular flexibility index (Phi) is 5.11. The standard InChI is InChI=1S/C17H30N2OS/c1-16(2,3)13-12-21-15(18-13)11-14(20)17(19(4)5)9-7-6-8-10-17/h12,14,20H,6-11H2,1-5H3. The van der Waals surface area contributed by atoms with Crippen LogP contribution in [0.2, 0.25) is 0 Å². The highest BCUT2D eigenvalue weighted by Gasteiger charge is 2.41. The molecule has 0 bridgehead atoms. The molecule has 0 spiro atoms. The van der Waals surface area contributed by atoms with Crippen LogP contribution >= 0.6 is 11.3 Å².